The van der Waals surface area contributed by atoms with E-state index >= 15 is 0 Å². The van der Waals surface area contributed by atoms with Crippen molar-refractivity contribution >= 4 is 27.0 Å². The molecule has 0 aromatic heterocycles. The van der Waals surface area contributed by atoms with Gasteiger partial charge in [0.25, 0.3) is 0 Å². The minimum Gasteiger partial charge on any atom is -0.399 e. The predicted octanol–water partition coefficient (Wildman–Crippen LogP) is 3.99. The van der Waals surface area contributed by atoms with E-state index in [-0.39, 0.29) is 42.7 Å². The van der Waals surface area contributed by atoms with Gasteiger partial charge in [-0.15, -0.1) is 9.53 Å². The normalized spacial score (nSPS) is 16.6. The molecule has 10 nitrogen and oxygen atoms in total. The number of carbonyl (C=O) groups excluding carboxylic acids is 2. The monoisotopic (exact) mass is 695 g/mol. The third kappa shape index (κ3) is 9.83. The van der Waals surface area contributed by atoms with Gasteiger partial charge in [-0.2, -0.15) is 4.21 Å². The Labute approximate surface area is 288 Å². The highest BCUT2D eigenvalue weighted by atomic mass is 32.3. The van der Waals surface area contributed by atoms with Crippen LogP contribution in [0.15, 0.2) is 95.9 Å². The first-order chi connectivity index (χ1) is 23.0. The summed E-state index contributed by atoms with van der Waals surface area (Å²) >= 11 is 0. The summed E-state index contributed by atoms with van der Waals surface area (Å²) in [6.07, 6.45) is 1.66. The average molecular weight is 696 g/mol. The van der Waals surface area contributed by atoms with Crippen molar-refractivity contribution in [2.45, 2.75) is 68.7 Å². The Morgan fingerprint density at radius 3 is 2.27 bits per heavy atom. The zero-order valence-corrected chi connectivity index (χ0v) is 29.5. The Morgan fingerprint density at radius 2 is 1.69 bits per heavy atom. The van der Waals surface area contributed by atoms with Crippen LogP contribution in [0, 0.1) is 11.7 Å². The molecule has 1 aliphatic rings. The van der Waals surface area contributed by atoms with Crippen LogP contribution in [0.25, 0.3) is 0 Å². The Bertz CT molecular complexity index is 1690. The highest BCUT2D eigenvalue weighted by molar-refractivity contribution is 8.12. The summed E-state index contributed by atoms with van der Waals surface area (Å²) in [6, 6.07) is 19.8. The summed E-state index contributed by atoms with van der Waals surface area (Å²) in [5.74, 6) is -1.55. The molecule has 0 unspecified atom stereocenters. The molecular formula is C37H50FN5O5S. The second kappa shape index (κ2) is 15.3. The van der Waals surface area contributed by atoms with Crippen LogP contribution < -0.4 is 21.7 Å². The van der Waals surface area contributed by atoms with Gasteiger partial charge < -0.3 is 21.5 Å². The largest absolute Gasteiger partial charge is 0.399 e. The van der Waals surface area contributed by atoms with Gasteiger partial charge in [0.05, 0.1) is 23.6 Å². The van der Waals surface area contributed by atoms with Crippen LogP contribution in [0.5, 0.6) is 0 Å². The van der Waals surface area contributed by atoms with E-state index in [1.165, 1.54) is 34.8 Å². The molecule has 12 heteroatoms. The lowest BCUT2D eigenvalue weighted by Gasteiger charge is -2.50. The van der Waals surface area contributed by atoms with Crippen molar-refractivity contribution in [3.05, 3.63) is 108 Å². The van der Waals surface area contributed by atoms with Crippen molar-refractivity contribution in [3.8, 4) is 0 Å². The summed E-state index contributed by atoms with van der Waals surface area (Å²) in [6.45, 7) is 8.91. The van der Waals surface area contributed by atoms with Crippen molar-refractivity contribution in [1.82, 2.24) is 20.3 Å². The highest BCUT2D eigenvalue weighted by Crippen LogP contribution is 2.45. The zero-order chi connectivity index (χ0) is 36.0. The number of anilines is 1. The van der Waals surface area contributed by atoms with E-state index in [4.69, 9.17) is 5.73 Å². The molecular weight excluding hydrogens is 646 g/mol. The van der Waals surface area contributed by atoms with Crippen LogP contribution in [-0.2, 0) is 31.1 Å². The van der Waals surface area contributed by atoms with Crippen molar-refractivity contribution in [3.63, 3.8) is 0 Å². The van der Waals surface area contributed by atoms with Gasteiger partial charge in [-0.3, -0.25) is 19.5 Å². The Balaban J connectivity index is 1.52. The summed E-state index contributed by atoms with van der Waals surface area (Å²) in [5, 5.41) is 20.7. The topological polar surface area (TPSA) is 157 Å². The number of amides is 2. The molecule has 1 saturated carbocycles. The summed E-state index contributed by atoms with van der Waals surface area (Å²) < 4.78 is 41.3. The molecule has 4 rings (SSSR count). The van der Waals surface area contributed by atoms with Crippen LogP contribution in [0.3, 0.4) is 0 Å². The van der Waals surface area contributed by atoms with E-state index in [2.05, 4.69) is 22.5 Å². The van der Waals surface area contributed by atoms with E-state index in [9.17, 15) is 27.8 Å². The van der Waals surface area contributed by atoms with E-state index in [0.29, 0.717) is 11.3 Å². The van der Waals surface area contributed by atoms with Gasteiger partial charge in [-0.1, -0.05) is 68.5 Å². The number of carbonyl (C=O) groups is 2. The number of benzene rings is 3. The maximum absolute atomic E-state index is 14.4. The number of hydrogen-bond acceptors (Lipinski definition) is 6. The third-order valence-electron chi connectivity index (χ3n) is 8.94. The first-order valence-electron chi connectivity index (χ1n) is 16.5. The molecule has 2 amide bonds. The Hall–Kier alpha value is -3.94. The minimum atomic E-state index is -4.73. The number of nitrogen functional groups attached to an aromatic ring is 1. The number of aliphatic hydroxyl groups excluding tert-OH is 1. The molecule has 0 bridgehead atoms. The number of rotatable bonds is 17. The van der Waals surface area contributed by atoms with Gasteiger partial charge in [0.1, 0.15) is 11.9 Å². The number of aliphatic hydroxyl groups is 1. The Kier molecular flexibility index (Phi) is 11.8. The molecule has 3 aromatic carbocycles. The van der Waals surface area contributed by atoms with Crippen LogP contribution >= 0.6 is 0 Å². The van der Waals surface area contributed by atoms with Crippen molar-refractivity contribution in [2.75, 3.05) is 31.6 Å². The van der Waals surface area contributed by atoms with Gasteiger partial charge in [-0.05, 0) is 79.6 Å². The first kappa shape index (κ1) is 37.9. The Morgan fingerprint density at radius 1 is 1.04 bits per heavy atom. The van der Waals surface area contributed by atoms with Gasteiger partial charge in [-0.25, -0.2) is 8.70 Å². The zero-order valence-electron chi connectivity index (χ0n) is 28.7. The van der Waals surface area contributed by atoms with E-state index in [0.717, 1.165) is 24.0 Å². The molecule has 49 heavy (non-hydrogen) atoms. The minimum absolute atomic E-state index is 0.000592. The van der Waals surface area contributed by atoms with E-state index < -0.39 is 45.1 Å². The molecule has 3 atom stereocenters. The van der Waals surface area contributed by atoms with Crippen molar-refractivity contribution in [2.24, 2.45) is 5.92 Å². The van der Waals surface area contributed by atoms with Crippen molar-refractivity contribution < 1.29 is 27.8 Å². The molecule has 0 spiro atoms. The predicted molar refractivity (Wildman–Crippen MR) is 192 cm³/mol. The number of hydrogen-bond donors (Lipinski definition) is 6. The van der Waals surface area contributed by atoms with Crippen LogP contribution in [0.4, 0.5) is 10.1 Å². The molecule has 0 aliphatic heterocycles. The molecule has 3 aromatic rings. The SMILES string of the molecule is C=C(C)CN(C[C@@H](O)[C@H](Cc1ccccc1)NC(=O)[C@@H](NC(=O)CNC1(c2cccc(F)c2)CC1)C(C)C)S(C)(=O)(O)c1ccc(N)cc1. The quantitative estimate of drug-likeness (QED) is 0.0922. The molecule has 7 N–H and O–H groups in total. The number of nitrogens with one attached hydrogen (secondary N) is 3. The van der Waals surface area contributed by atoms with E-state index in [1.54, 1.807) is 39.0 Å². The molecule has 0 saturated heterocycles. The molecule has 266 valence electrons. The van der Waals surface area contributed by atoms with E-state index in [1.807, 2.05) is 36.4 Å². The molecule has 1 fully saturated rings. The number of nitrogens with two attached hydrogens (primary N) is 1. The van der Waals surface area contributed by atoms with Gasteiger partial charge in [0.2, 0.25) is 11.8 Å². The fourth-order valence-corrected chi connectivity index (χ4v) is 7.96. The molecule has 1 aliphatic carbocycles. The first-order valence-corrected chi connectivity index (χ1v) is 18.7. The highest BCUT2D eigenvalue weighted by Gasteiger charge is 2.44. The maximum atomic E-state index is 14.4. The number of nitrogens with zero attached hydrogens (tertiary/aromatic N) is 1. The fourth-order valence-electron chi connectivity index (χ4n) is 5.87. The average Bonchev–Trinajstić information content (AvgIpc) is 3.83. The molecule has 0 heterocycles. The third-order valence-corrected chi connectivity index (χ3v) is 11.8. The lowest BCUT2D eigenvalue weighted by Crippen LogP contribution is -2.59. The van der Waals surface area contributed by atoms with Crippen molar-refractivity contribution in [1.29, 1.82) is 0 Å². The smallest absolute Gasteiger partial charge is 0.243 e. The second-order valence-corrected chi connectivity index (χ2v) is 17.1. The summed E-state index contributed by atoms with van der Waals surface area (Å²) in [4.78, 5) is 27.1. The number of halogens is 1. The van der Waals surface area contributed by atoms with Gasteiger partial charge >= 0.3 is 0 Å². The summed E-state index contributed by atoms with van der Waals surface area (Å²) in [5.41, 5.74) is 7.99. The molecule has 0 radical (unpaired) electrons. The maximum Gasteiger partial charge on any atom is 0.243 e. The fraction of sp³-hybridized carbons (Fsp3) is 0.405. The van der Waals surface area contributed by atoms with Crippen LogP contribution in [-0.4, -0.2) is 74.1 Å². The van der Waals surface area contributed by atoms with Gasteiger partial charge in [0, 0.05) is 30.6 Å². The van der Waals surface area contributed by atoms with Gasteiger partial charge in [0.15, 0.2) is 0 Å². The second-order valence-electron chi connectivity index (χ2n) is 13.7. The lowest BCUT2D eigenvalue weighted by atomic mass is 9.98. The summed E-state index contributed by atoms with van der Waals surface area (Å²) in [7, 11) is -4.73. The lowest BCUT2D eigenvalue weighted by molar-refractivity contribution is -0.130. The van der Waals surface area contributed by atoms with Crippen LogP contribution in [0.2, 0.25) is 0 Å². The standard InChI is InChI=1S/C37H50FN5O5S/c1-25(2)23-43(49(5,47,48)31-16-14-30(39)15-17-31)24-33(44)32(20-27-10-7-6-8-11-27)41-36(46)35(26(3)4)42-34(45)22-40-37(18-19-37)28-12-9-13-29(38)21-28/h6-17,21,26,32-33,35,40,44H,1,18-20,22-24,39H2,2-5H3,(H,41,46)(H,42,45)(H,47,48)/t32-,33+,35-/m0/s1. The van der Waals surface area contributed by atoms with Crippen LogP contribution in [0.1, 0.15) is 44.7 Å².